The molecule has 0 bridgehead atoms. The van der Waals surface area contributed by atoms with Crippen LogP contribution in [0.5, 0.6) is 5.75 Å². The zero-order chi connectivity index (χ0) is 22.8. The number of benzene rings is 3. The van der Waals surface area contributed by atoms with Gasteiger partial charge in [0.1, 0.15) is 22.1 Å². The van der Waals surface area contributed by atoms with Crippen LogP contribution in [-0.2, 0) is 21.4 Å². The number of hydrogen-bond acceptors (Lipinski definition) is 4. The molecule has 0 aliphatic carbocycles. The molecule has 1 N–H and O–H groups in total. The number of ether oxygens (including phenoxy) is 2. The summed E-state index contributed by atoms with van der Waals surface area (Å²) in [5.74, 6) is 0.297. The van der Waals surface area contributed by atoms with E-state index in [2.05, 4.69) is 4.72 Å². The molecule has 0 saturated heterocycles. The van der Waals surface area contributed by atoms with E-state index in [-0.39, 0.29) is 28.9 Å². The van der Waals surface area contributed by atoms with Gasteiger partial charge in [0.2, 0.25) is 0 Å². The summed E-state index contributed by atoms with van der Waals surface area (Å²) in [7, 11) is -3.83. The molecule has 32 heavy (non-hydrogen) atoms. The molecule has 0 aromatic heterocycles. The zero-order valence-electron chi connectivity index (χ0n) is 17.2. The number of fused-ring (bicyclic) bond motifs is 1. The minimum Gasteiger partial charge on any atom is -0.480 e. The van der Waals surface area contributed by atoms with Crippen molar-refractivity contribution < 1.29 is 22.3 Å². The van der Waals surface area contributed by atoms with Gasteiger partial charge in [0.15, 0.2) is 0 Å². The van der Waals surface area contributed by atoms with Crippen LogP contribution in [0.3, 0.4) is 0 Å². The zero-order valence-corrected chi connectivity index (χ0v) is 18.8. The fourth-order valence-corrected chi connectivity index (χ4v) is 4.91. The van der Waals surface area contributed by atoms with Crippen LogP contribution in [0.25, 0.3) is 6.08 Å². The third kappa shape index (κ3) is 5.12. The molecule has 166 valence electrons. The van der Waals surface area contributed by atoms with Crippen LogP contribution in [0.1, 0.15) is 18.1 Å². The first-order valence-electron chi connectivity index (χ1n) is 9.86. The molecule has 0 fully saturated rings. The van der Waals surface area contributed by atoms with Crippen molar-refractivity contribution in [3.63, 3.8) is 0 Å². The second-order valence-electron chi connectivity index (χ2n) is 7.66. The molecule has 1 atom stereocenters. The van der Waals surface area contributed by atoms with Crippen LogP contribution >= 0.6 is 11.6 Å². The third-order valence-electron chi connectivity index (χ3n) is 4.89. The fourth-order valence-electron chi connectivity index (χ4n) is 3.34. The van der Waals surface area contributed by atoms with Gasteiger partial charge in [-0.2, -0.15) is 0 Å². The fraction of sp³-hybridized carbons (Fsp3) is 0.167. The van der Waals surface area contributed by atoms with E-state index in [4.69, 9.17) is 21.1 Å². The molecule has 0 radical (unpaired) electrons. The van der Waals surface area contributed by atoms with Crippen molar-refractivity contribution in [3.05, 3.63) is 94.8 Å². The second kappa shape index (κ2) is 8.94. The lowest BCUT2D eigenvalue weighted by molar-refractivity contribution is 0.00626. The minimum absolute atomic E-state index is 0.00852. The molecule has 0 amide bonds. The Kier molecular flexibility index (Phi) is 6.24. The molecule has 1 aliphatic rings. The predicted octanol–water partition coefficient (Wildman–Crippen LogP) is 5.66. The SMILES string of the molecule is CC1(COCc2cccc(F)c2)C=Cc2cc(NS(=O)(=O)c3ccccc3Cl)ccc2O1. The van der Waals surface area contributed by atoms with E-state index in [1.54, 1.807) is 42.5 Å². The topological polar surface area (TPSA) is 64.6 Å². The van der Waals surface area contributed by atoms with E-state index in [1.165, 1.54) is 24.3 Å². The smallest absolute Gasteiger partial charge is 0.263 e. The van der Waals surface area contributed by atoms with Crippen LogP contribution < -0.4 is 9.46 Å². The van der Waals surface area contributed by atoms with Crippen molar-refractivity contribution in [2.45, 2.75) is 24.0 Å². The Morgan fingerprint density at radius 1 is 1.09 bits per heavy atom. The molecule has 1 heterocycles. The van der Waals surface area contributed by atoms with Crippen molar-refractivity contribution in [1.29, 1.82) is 0 Å². The van der Waals surface area contributed by atoms with Crippen molar-refractivity contribution >= 4 is 33.4 Å². The van der Waals surface area contributed by atoms with E-state index in [0.29, 0.717) is 11.4 Å². The molecule has 8 heteroatoms. The highest BCUT2D eigenvalue weighted by atomic mass is 35.5. The number of sulfonamides is 1. The highest BCUT2D eigenvalue weighted by molar-refractivity contribution is 7.92. The van der Waals surface area contributed by atoms with Gasteiger partial charge in [-0.15, -0.1) is 0 Å². The Bertz CT molecular complexity index is 1280. The van der Waals surface area contributed by atoms with E-state index in [9.17, 15) is 12.8 Å². The number of hydrogen-bond donors (Lipinski definition) is 1. The Hall–Kier alpha value is -2.87. The lowest BCUT2D eigenvalue weighted by atomic mass is 10.0. The first-order chi connectivity index (χ1) is 15.2. The summed E-state index contributed by atoms with van der Waals surface area (Å²) >= 11 is 6.03. The number of rotatable bonds is 7. The van der Waals surface area contributed by atoms with Crippen LogP contribution in [-0.4, -0.2) is 20.6 Å². The van der Waals surface area contributed by atoms with Crippen LogP contribution in [0.2, 0.25) is 5.02 Å². The Balaban J connectivity index is 1.43. The lowest BCUT2D eigenvalue weighted by Gasteiger charge is -2.31. The normalized spacial score (nSPS) is 17.5. The molecule has 3 aromatic rings. The number of halogens is 2. The van der Waals surface area contributed by atoms with Crippen LogP contribution in [0, 0.1) is 5.82 Å². The summed E-state index contributed by atoms with van der Waals surface area (Å²) in [6, 6.07) is 17.5. The maximum Gasteiger partial charge on any atom is 0.263 e. The van der Waals surface area contributed by atoms with Crippen LogP contribution in [0.15, 0.2) is 77.7 Å². The standard InChI is InChI=1S/C24H21ClFNO4S/c1-24(16-30-15-17-5-4-6-19(26)13-17)12-11-18-14-20(9-10-22(18)31-24)27-32(28,29)23-8-3-2-7-21(23)25/h2-14,27H,15-16H2,1H3. The summed E-state index contributed by atoms with van der Waals surface area (Å²) < 4.78 is 53.0. The average molecular weight is 474 g/mol. The minimum atomic E-state index is -3.83. The monoisotopic (exact) mass is 473 g/mol. The van der Waals surface area contributed by atoms with Gasteiger partial charge in [-0.25, -0.2) is 12.8 Å². The van der Waals surface area contributed by atoms with E-state index in [0.717, 1.165) is 11.1 Å². The van der Waals surface area contributed by atoms with Gasteiger partial charge in [-0.1, -0.05) is 41.9 Å². The Morgan fingerprint density at radius 2 is 1.91 bits per heavy atom. The van der Waals surface area contributed by atoms with Gasteiger partial charge in [-0.3, -0.25) is 4.72 Å². The predicted molar refractivity (Wildman–Crippen MR) is 123 cm³/mol. The molecule has 1 aliphatic heterocycles. The van der Waals surface area contributed by atoms with Gasteiger partial charge in [-0.05, 0) is 61.0 Å². The second-order valence-corrected chi connectivity index (χ2v) is 9.72. The Morgan fingerprint density at radius 3 is 2.69 bits per heavy atom. The van der Waals surface area contributed by atoms with E-state index < -0.39 is 15.6 Å². The molecule has 4 rings (SSSR count). The highest BCUT2D eigenvalue weighted by Crippen LogP contribution is 2.34. The quantitative estimate of drug-likeness (QED) is 0.480. The first-order valence-corrected chi connectivity index (χ1v) is 11.7. The lowest BCUT2D eigenvalue weighted by Crippen LogP contribution is -2.37. The highest BCUT2D eigenvalue weighted by Gasteiger charge is 2.28. The van der Waals surface area contributed by atoms with Gasteiger partial charge in [0.25, 0.3) is 10.0 Å². The summed E-state index contributed by atoms with van der Waals surface area (Å²) in [5, 5.41) is 0.148. The molecule has 0 spiro atoms. The first kappa shape index (κ1) is 22.3. The van der Waals surface area contributed by atoms with Gasteiger partial charge in [0, 0.05) is 11.3 Å². The van der Waals surface area contributed by atoms with Gasteiger partial charge >= 0.3 is 0 Å². The summed E-state index contributed by atoms with van der Waals surface area (Å²) in [5.41, 5.74) is 1.15. The molecule has 3 aromatic carbocycles. The number of anilines is 1. The van der Waals surface area contributed by atoms with Crippen molar-refractivity contribution in [3.8, 4) is 5.75 Å². The van der Waals surface area contributed by atoms with Gasteiger partial charge in [0.05, 0.1) is 18.2 Å². The summed E-state index contributed by atoms with van der Waals surface area (Å²) in [4.78, 5) is 0.00852. The van der Waals surface area contributed by atoms with Crippen molar-refractivity contribution in [1.82, 2.24) is 0 Å². The summed E-state index contributed by atoms with van der Waals surface area (Å²) in [6.07, 6.45) is 3.71. The van der Waals surface area contributed by atoms with Crippen LogP contribution in [0.4, 0.5) is 10.1 Å². The largest absolute Gasteiger partial charge is 0.480 e. The number of nitrogens with one attached hydrogen (secondary N) is 1. The molecular weight excluding hydrogens is 453 g/mol. The Labute approximate surface area is 191 Å². The molecule has 5 nitrogen and oxygen atoms in total. The van der Waals surface area contributed by atoms with E-state index in [1.807, 2.05) is 19.1 Å². The van der Waals surface area contributed by atoms with Crippen molar-refractivity contribution in [2.75, 3.05) is 11.3 Å². The maximum absolute atomic E-state index is 13.3. The maximum atomic E-state index is 13.3. The summed E-state index contributed by atoms with van der Waals surface area (Å²) in [6.45, 7) is 2.41. The van der Waals surface area contributed by atoms with E-state index >= 15 is 0 Å². The third-order valence-corrected chi connectivity index (χ3v) is 6.77. The average Bonchev–Trinajstić information content (AvgIpc) is 2.74. The molecular formula is C24H21ClFNO4S. The van der Waals surface area contributed by atoms with Crippen molar-refractivity contribution in [2.24, 2.45) is 0 Å². The molecule has 0 saturated carbocycles. The van der Waals surface area contributed by atoms with Gasteiger partial charge < -0.3 is 9.47 Å². The molecule has 1 unspecified atom stereocenters.